The zero-order valence-electron chi connectivity index (χ0n) is 9.78. The number of thiophene rings is 1. The minimum Gasteiger partial charge on any atom is -0.392 e. The third-order valence-electron chi connectivity index (χ3n) is 2.55. The van der Waals surface area contributed by atoms with Crippen molar-refractivity contribution in [2.24, 2.45) is 0 Å². The third kappa shape index (κ3) is 2.40. The van der Waals surface area contributed by atoms with E-state index in [4.69, 9.17) is 5.11 Å². The van der Waals surface area contributed by atoms with Gasteiger partial charge in [-0.05, 0) is 29.1 Å². The highest BCUT2D eigenvalue weighted by Crippen LogP contribution is 2.26. The average molecular weight is 283 g/mol. The number of hydrogen-bond donors (Lipinski definition) is 1. The lowest BCUT2D eigenvalue weighted by atomic mass is 10.3. The lowest BCUT2D eigenvalue weighted by Crippen LogP contribution is -2.25. The summed E-state index contributed by atoms with van der Waals surface area (Å²) in [4.78, 5) is 0. The fourth-order valence-electron chi connectivity index (χ4n) is 1.48. The second kappa shape index (κ2) is 5.09. The lowest BCUT2D eigenvalue weighted by molar-refractivity contribution is 0.282. The van der Waals surface area contributed by atoms with Crippen molar-refractivity contribution in [3.8, 4) is 0 Å². The Labute approximate surface area is 110 Å². The topological polar surface area (TPSA) is 57.6 Å². The number of aliphatic hydroxyl groups is 1. The van der Waals surface area contributed by atoms with Gasteiger partial charge in [-0.3, -0.25) is 4.31 Å². The van der Waals surface area contributed by atoms with Gasteiger partial charge in [-0.2, -0.15) is 0 Å². The van der Waals surface area contributed by atoms with E-state index in [1.165, 1.54) is 17.4 Å². The summed E-state index contributed by atoms with van der Waals surface area (Å²) in [5, 5.41) is 10.6. The maximum Gasteiger partial charge on any atom is 0.273 e. The average Bonchev–Trinajstić information content (AvgIpc) is 2.88. The number of sulfonamides is 1. The number of aliphatic hydroxyl groups excluding tert-OH is 1. The fourth-order valence-corrected chi connectivity index (χ4v) is 4.05. The maximum absolute atomic E-state index is 12.3. The van der Waals surface area contributed by atoms with E-state index < -0.39 is 10.0 Å². The first kappa shape index (κ1) is 13.1. The largest absolute Gasteiger partial charge is 0.392 e. The molecule has 0 radical (unpaired) electrons. The molecule has 0 aliphatic carbocycles. The first-order valence-corrected chi connectivity index (χ1v) is 7.60. The van der Waals surface area contributed by atoms with Crippen LogP contribution in [0, 0.1) is 0 Å². The summed E-state index contributed by atoms with van der Waals surface area (Å²) in [5.74, 6) is 0. The normalized spacial score (nSPS) is 11.4. The van der Waals surface area contributed by atoms with E-state index in [9.17, 15) is 8.42 Å². The van der Waals surface area contributed by atoms with E-state index in [1.54, 1.807) is 29.6 Å². The van der Waals surface area contributed by atoms with Crippen molar-refractivity contribution in [3.63, 3.8) is 0 Å². The number of hydrogen-bond acceptors (Lipinski definition) is 4. The van der Waals surface area contributed by atoms with Crippen LogP contribution in [0.4, 0.5) is 5.69 Å². The lowest BCUT2D eigenvalue weighted by Gasteiger charge is -2.18. The predicted octanol–water partition coefficient (Wildman–Crippen LogP) is 2.07. The second-order valence-corrected chi connectivity index (χ2v) is 6.85. The minimum atomic E-state index is -3.54. The molecule has 0 aliphatic heterocycles. The number of anilines is 1. The zero-order valence-corrected chi connectivity index (χ0v) is 11.4. The SMILES string of the molecule is CN(c1ccccc1)S(=O)(=O)c1cc(CO)cs1. The molecule has 0 spiro atoms. The van der Waals surface area contributed by atoms with Gasteiger partial charge in [0, 0.05) is 7.05 Å². The van der Waals surface area contributed by atoms with E-state index in [2.05, 4.69) is 0 Å². The molecule has 1 aromatic carbocycles. The minimum absolute atomic E-state index is 0.152. The van der Waals surface area contributed by atoms with Gasteiger partial charge in [-0.25, -0.2) is 8.42 Å². The van der Waals surface area contributed by atoms with Gasteiger partial charge in [0.15, 0.2) is 0 Å². The third-order valence-corrected chi connectivity index (χ3v) is 5.80. The van der Waals surface area contributed by atoms with Crippen molar-refractivity contribution >= 4 is 27.0 Å². The van der Waals surface area contributed by atoms with Crippen LogP contribution in [0.15, 0.2) is 46.0 Å². The van der Waals surface area contributed by atoms with Crippen molar-refractivity contribution in [2.45, 2.75) is 10.8 Å². The summed E-state index contributed by atoms with van der Waals surface area (Å²) >= 11 is 1.11. The van der Waals surface area contributed by atoms with E-state index >= 15 is 0 Å². The summed E-state index contributed by atoms with van der Waals surface area (Å²) in [6.45, 7) is -0.152. The van der Waals surface area contributed by atoms with Crippen LogP contribution in [-0.4, -0.2) is 20.6 Å². The molecule has 96 valence electrons. The molecule has 0 fully saturated rings. The van der Waals surface area contributed by atoms with Gasteiger partial charge in [0.25, 0.3) is 10.0 Å². The molecule has 0 bridgehead atoms. The quantitative estimate of drug-likeness (QED) is 0.934. The van der Waals surface area contributed by atoms with Gasteiger partial charge in [0.2, 0.25) is 0 Å². The summed E-state index contributed by atoms with van der Waals surface area (Å²) < 4.78 is 26.1. The van der Waals surface area contributed by atoms with Gasteiger partial charge in [0.05, 0.1) is 12.3 Å². The Morgan fingerprint density at radius 3 is 2.50 bits per heavy atom. The van der Waals surface area contributed by atoms with Gasteiger partial charge in [-0.1, -0.05) is 18.2 Å². The second-order valence-electron chi connectivity index (χ2n) is 3.74. The van der Waals surface area contributed by atoms with Gasteiger partial charge < -0.3 is 5.11 Å². The van der Waals surface area contributed by atoms with Crippen LogP contribution in [0.2, 0.25) is 0 Å². The molecule has 2 rings (SSSR count). The van der Waals surface area contributed by atoms with Crippen LogP contribution in [0.25, 0.3) is 0 Å². The molecule has 18 heavy (non-hydrogen) atoms. The Morgan fingerprint density at radius 1 is 1.28 bits per heavy atom. The summed E-state index contributed by atoms with van der Waals surface area (Å²) in [6, 6.07) is 10.4. The van der Waals surface area contributed by atoms with Crippen molar-refractivity contribution < 1.29 is 13.5 Å². The van der Waals surface area contributed by atoms with E-state index in [1.807, 2.05) is 6.07 Å². The van der Waals surface area contributed by atoms with Gasteiger partial charge in [0.1, 0.15) is 4.21 Å². The van der Waals surface area contributed by atoms with Crippen LogP contribution >= 0.6 is 11.3 Å². The molecule has 1 heterocycles. The molecule has 1 aromatic heterocycles. The molecule has 0 saturated heterocycles. The molecule has 4 nitrogen and oxygen atoms in total. The van der Waals surface area contributed by atoms with Gasteiger partial charge >= 0.3 is 0 Å². The Bertz CT molecular complexity index is 620. The number of rotatable bonds is 4. The Morgan fingerprint density at radius 2 is 1.94 bits per heavy atom. The molecule has 0 amide bonds. The van der Waals surface area contributed by atoms with Crippen LogP contribution < -0.4 is 4.31 Å². The molecule has 1 N–H and O–H groups in total. The Hall–Kier alpha value is -1.37. The number of benzene rings is 1. The fraction of sp³-hybridized carbons (Fsp3) is 0.167. The zero-order chi connectivity index (χ0) is 13.2. The molecule has 2 aromatic rings. The summed E-state index contributed by atoms with van der Waals surface area (Å²) in [6.07, 6.45) is 0. The highest BCUT2D eigenvalue weighted by Gasteiger charge is 2.22. The first-order chi connectivity index (χ1) is 8.55. The van der Waals surface area contributed by atoms with E-state index in [0.717, 1.165) is 11.3 Å². The maximum atomic E-state index is 12.3. The number of para-hydroxylation sites is 1. The molecular weight excluding hydrogens is 270 g/mol. The van der Waals surface area contributed by atoms with E-state index in [-0.39, 0.29) is 10.8 Å². The number of nitrogens with zero attached hydrogens (tertiary/aromatic N) is 1. The summed E-state index contributed by atoms with van der Waals surface area (Å²) in [7, 11) is -2.02. The molecular formula is C12H13NO3S2. The highest BCUT2D eigenvalue weighted by molar-refractivity contribution is 7.94. The molecule has 0 aliphatic rings. The Balaban J connectivity index is 2.37. The van der Waals surface area contributed by atoms with Gasteiger partial charge in [-0.15, -0.1) is 11.3 Å². The standard InChI is InChI=1S/C12H13NO3S2/c1-13(11-5-3-2-4-6-11)18(15,16)12-7-10(8-14)9-17-12/h2-7,9,14H,8H2,1H3. The van der Waals surface area contributed by atoms with Crippen LogP contribution in [0.1, 0.15) is 5.56 Å². The van der Waals surface area contributed by atoms with Crippen molar-refractivity contribution in [2.75, 3.05) is 11.4 Å². The Kier molecular flexibility index (Phi) is 3.70. The van der Waals surface area contributed by atoms with Crippen molar-refractivity contribution in [1.82, 2.24) is 0 Å². The monoisotopic (exact) mass is 283 g/mol. The molecule has 0 atom stereocenters. The first-order valence-electron chi connectivity index (χ1n) is 5.28. The predicted molar refractivity (Wildman–Crippen MR) is 72.3 cm³/mol. The summed E-state index contributed by atoms with van der Waals surface area (Å²) in [5.41, 5.74) is 1.22. The van der Waals surface area contributed by atoms with Crippen LogP contribution in [0.5, 0.6) is 0 Å². The molecule has 0 saturated carbocycles. The highest BCUT2D eigenvalue weighted by atomic mass is 32.2. The molecule has 0 unspecified atom stereocenters. The smallest absolute Gasteiger partial charge is 0.273 e. The van der Waals surface area contributed by atoms with Crippen molar-refractivity contribution in [1.29, 1.82) is 0 Å². The van der Waals surface area contributed by atoms with Crippen molar-refractivity contribution in [3.05, 3.63) is 47.3 Å². The van der Waals surface area contributed by atoms with Crippen LogP contribution in [0.3, 0.4) is 0 Å². The van der Waals surface area contributed by atoms with Crippen LogP contribution in [-0.2, 0) is 16.6 Å². The molecule has 6 heteroatoms. The van der Waals surface area contributed by atoms with E-state index in [0.29, 0.717) is 11.3 Å².